The van der Waals surface area contributed by atoms with Crippen molar-refractivity contribution >= 4 is 39.4 Å². The van der Waals surface area contributed by atoms with E-state index in [1.165, 1.54) is 48.2 Å². The second kappa shape index (κ2) is 8.82. The summed E-state index contributed by atoms with van der Waals surface area (Å²) in [5, 5.41) is 4.45. The molecule has 0 bridgehead atoms. The minimum absolute atomic E-state index is 0.0744. The van der Waals surface area contributed by atoms with E-state index in [2.05, 4.69) is 10.6 Å². The van der Waals surface area contributed by atoms with E-state index >= 15 is 0 Å². The Kier molecular flexibility index (Phi) is 6.05. The zero-order valence-corrected chi connectivity index (χ0v) is 19.0. The summed E-state index contributed by atoms with van der Waals surface area (Å²) in [7, 11) is -3.41. The third-order valence-corrected chi connectivity index (χ3v) is 7.62. The van der Waals surface area contributed by atoms with Crippen LogP contribution in [0.5, 0.6) is 0 Å². The molecular formula is C23H21N3O7S. The first-order valence-corrected chi connectivity index (χ1v) is 12.2. The number of carbonyl (C=O) groups excluding carboxylic acids is 5. The number of carbonyl (C=O) groups is 5. The van der Waals surface area contributed by atoms with Gasteiger partial charge in [-0.15, -0.1) is 0 Å². The molecule has 2 aliphatic rings. The molecule has 34 heavy (non-hydrogen) atoms. The van der Waals surface area contributed by atoms with Crippen molar-refractivity contribution in [2.75, 3.05) is 5.75 Å². The second-order valence-electron chi connectivity index (χ2n) is 7.98. The van der Waals surface area contributed by atoms with Gasteiger partial charge in [0.15, 0.2) is 9.84 Å². The Bertz CT molecular complexity index is 1330. The van der Waals surface area contributed by atoms with Crippen LogP contribution in [0.2, 0.25) is 0 Å². The molecule has 2 aromatic rings. The van der Waals surface area contributed by atoms with E-state index in [0.29, 0.717) is 5.56 Å². The molecule has 10 nitrogen and oxygen atoms in total. The van der Waals surface area contributed by atoms with E-state index in [1.54, 1.807) is 6.07 Å². The van der Waals surface area contributed by atoms with Gasteiger partial charge in [-0.3, -0.25) is 34.6 Å². The molecule has 1 unspecified atom stereocenters. The maximum absolute atomic E-state index is 12.9. The lowest BCUT2D eigenvalue weighted by atomic mass is 10.0. The molecule has 4 rings (SSSR count). The minimum Gasteiger partial charge on any atom is -0.322 e. The number of nitrogens with one attached hydrogen (secondary N) is 2. The first-order chi connectivity index (χ1) is 16.1. The Balaban J connectivity index is 1.47. The fraction of sp³-hybridized carbons (Fsp3) is 0.261. The molecule has 176 valence electrons. The number of hydrogen-bond donors (Lipinski definition) is 2. The molecule has 5 amide bonds. The van der Waals surface area contributed by atoms with Crippen molar-refractivity contribution in [3.63, 3.8) is 0 Å². The third kappa shape index (κ3) is 4.34. The standard InChI is InChI=1S/C23H21N3O7S/c1-2-34(32,33)16-7-5-13(6-8-16)20(28)25-21(29)14-3-4-15-12-26(23(31)17(15)11-14)18-9-10-19(27)24-22(18)30/h3-8,11,18H,2,9-10,12H2,1H3,(H,24,27,30)(H,25,28,29). The number of hydrogen-bond acceptors (Lipinski definition) is 7. The Hall–Kier alpha value is -3.86. The van der Waals surface area contributed by atoms with Crippen LogP contribution in [-0.2, 0) is 26.0 Å². The molecular weight excluding hydrogens is 462 g/mol. The van der Waals surface area contributed by atoms with Crippen LogP contribution in [0.4, 0.5) is 0 Å². The number of benzene rings is 2. The van der Waals surface area contributed by atoms with Crippen LogP contribution in [0.25, 0.3) is 0 Å². The monoisotopic (exact) mass is 483 g/mol. The van der Waals surface area contributed by atoms with Crippen molar-refractivity contribution in [2.24, 2.45) is 0 Å². The van der Waals surface area contributed by atoms with Gasteiger partial charge >= 0.3 is 0 Å². The highest BCUT2D eigenvalue weighted by molar-refractivity contribution is 7.91. The molecule has 0 aliphatic carbocycles. The van der Waals surface area contributed by atoms with Gasteiger partial charge in [-0.1, -0.05) is 13.0 Å². The molecule has 2 aromatic carbocycles. The second-order valence-corrected chi connectivity index (χ2v) is 10.3. The van der Waals surface area contributed by atoms with Gasteiger partial charge in [-0.2, -0.15) is 0 Å². The van der Waals surface area contributed by atoms with Gasteiger partial charge in [0, 0.05) is 29.7 Å². The summed E-state index contributed by atoms with van der Waals surface area (Å²) in [6.07, 6.45) is 0.363. The van der Waals surface area contributed by atoms with Crippen LogP contribution in [0.15, 0.2) is 47.4 Å². The van der Waals surface area contributed by atoms with Gasteiger partial charge in [0.05, 0.1) is 10.6 Å². The SMILES string of the molecule is CCS(=O)(=O)c1ccc(C(=O)NC(=O)c2ccc3c(c2)C(=O)N(C2CCC(=O)NC2=O)C3)cc1. The summed E-state index contributed by atoms with van der Waals surface area (Å²) in [6, 6.07) is 8.89. The normalized spacial score (nSPS) is 17.9. The Morgan fingerprint density at radius 2 is 1.68 bits per heavy atom. The number of nitrogens with zero attached hydrogens (tertiary/aromatic N) is 1. The average molecular weight is 484 g/mol. The number of amides is 5. The molecule has 0 aromatic heterocycles. The van der Waals surface area contributed by atoms with E-state index in [9.17, 15) is 32.4 Å². The highest BCUT2D eigenvalue weighted by Gasteiger charge is 2.39. The smallest absolute Gasteiger partial charge is 0.258 e. The summed E-state index contributed by atoms with van der Waals surface area (Å²) >= 11 is 0. The molecule has 0 saturated carbocycles. The predicted molar refractivity (Wildman–Crippen MR) is 118 cm³/mol. The Labute approximate surface area is 195 Å². The quantitative estimate of drug-likeness (QED) is 0.598. The van der Waals surface area contributed by atoms with Gasteiger partial charge in [-0.25, -0.2) is 8.42 Å². The summed E-state index contributed by atoms with van der Waals surface area (Å²) in [6.45, 7) is 1.69. The molecule has 1 fully saturated rings. The van der Waals surface area contributed by atoms with Crippen LogP contribution in [-0.4, -0.2) is 54.6 Å². The van der Waals surface area contributed by atoms with Gasteiger partial charge < -0.3 is 4.90 Å². The van der Waals surface area contributed by atoms with Crippen molar-refractivity contribution in [1.29, 1.82) is 0 Å². The Morgan fingerprint density at radius 1 is 1.03 bits per heavy atom. The number of fused-ring (bicyclic) bond motifs is 1. The van der Waals surface area contributed by atoms with E-state index in [-0.39, 0.29) is 52.6 Å². The molecule has 2 heterocycles. The first kappa shape index (κ1) is 23.3. The van der Waals surface area contributed by atoms with Crippen molar-refractivity contribution in [1.82, 2.24) is 15.5 Å². The zero-order chi connectivity index (χ0) is 24.6. The highest BCUT2D eigenvalue weighted by atomic mass is 32.2. The predicted octanol–water partition coefficient (Wildman–Crippen LogP) is 0.811. The largest absolute Gasteiger partial charge is 0.322 e. The lowest BCUT2D eigenvalue weighted by Gasteiger charge is -2.29. The van der Waals surface area contributed by atoms with Crippen molar-refractivity contribution in [3.8, 4) is 0 Å². The van der Waals surface area contributed by atoms with Crippen LogP contribution >= 0.6 is 0 Å². The lowest BCUT2D eigenvalue weighted by Crippen LogP contribution is -2.52. The maximum Gasteiger partial charge on any atom is 0.258 e. The molecule has 2 N–H and O–H groups in total. The van der Waals surface area contributed by atoms with E-state index in [1.807, 2.05) is 0 Å². The fourth-order valence-electron chi connectivity index (χ4n) is 3.92. The lowest BCUT2D eigenvalue weighted by molar-refractivity contribution is -0.136. The van der Waals surface area contributed by atoms with Gasteiger partial charge in [-0.05, 0) is 48.4 Å². The van der Waals surface area contributed by atoms with Crippen molar-refractivity contribution in [2.45, 2.75) is 37.2 Å². The number of imide groups is 2. The van der Waals surface area contributed by atoms with Crippen molar-refractivity contribution < 1.29 is 32.4 Å². The molecule has 1 saturated heterocycles. The number of sulfone groups is 1. The average Bonchev–Trinajstić information content (AvgIpc) is 3.14. The molecule has 1 atom stereocenters. The van der Waals surface area contributed by atoms with Gasteiger partial charge in [0.2, 0.25) is 11.8 Å². The number of piperidine rings is 1. The van der Waals surface area contributed by atoms with E-state index in [0.717, 1.165) is 0 Å². The van der Waals surface area contributed by atoms with Crippen LogP contribution < -0.4 is 10.6 Å². The Morgan fingerprint density at radius 3 is 2.32 bits per heavy atom. The van der Waals surface area contributed by atoms with E-state index in [4.69, 9.17) is 0 Å². The summed E-state index contributed by atoms with van der Waals surface area (Å²) < 4.78 is 23.8. The summed E-state index contributed by atoms with van der Waals surface area (Å²) in [5.74, 6) is -2.87. The fourth-order valence-corrected chi connectivity index (χ4v) is 4.81. The topological polar surface area (TPSA) is 147 Å². The van der Waals surface area contributed by atoms with E-state index < -0.39 is 39.5 Å². The van der Waals surface area contributed by atoms with Crippen LogP contribution in [0.3, 0.4) is 0 Å². The van der Waals surface area contributed by atoms with Crippen LogP contribution in [0, 0.1) is 0 Å². The maximum atomic E-state index is 12.9. The molecule has 11 heteroatoms. The van der Waals surface area contributed by atoms with Crippen LogP contribution in [0.1, 0.15) is 56.4 Å². The van der Waals surface area contributed by atoms with Gasteiger partial charge in [0.1, 0.15) is 6.04 Å². The minimum atomic E-state index is -3.41. The zero-order valence-electron chi connectivity index (χ0n) is 18.2. The first-order valence-electron chi connectivity index (χ1n) is 10.6. The third-order valence-electron chi connectivity index (χ3n) is 5.87. The van der Waals surface area contributed by atoms with Crippen molar-refractivity contribution in [3.05, 3.63) is 64.7 Å². The summed E-state index contributed by atoms with van der Waals surface area (Å²) in [5.41, 5.74) is 1.06. The van der Waals surface area contributed by atoms with Gasteiger partial charge in [0.25, 0.3) is 17.7 Å². The molecule has 0 radical (unpaired) electrons. The summed E-state index contributed by atoms with van der Waals surface area (Å²) in [4.78, 5) is 62.9. The number of rotatable bonds is 5. The molecule has 2 aliphatic heterocycles. The highest BCUT2D eigenvalue weighted by Crippen LogP contribution is 2.28. The molecule has 0 spiro atoms.